The molecule has 5 heteroatoms. The van der Waals surface area contributed by atoms with Crippen LogP contribution >= 0.6 is 0 Å². The number of aromatic nitrogens is 1. The maximum absolute atomic E-state index is 12.5. The molecule has 5 nitrogen and oxygen atoms in total. The van der Waals surface area contributed by atoms with Crippen LogP contribution in [0.1, 0.15) is 22.3 Å². The van der Waals surface area contributed by atoms with Crippen molar-refractivity contribution in [2.45, 2.75) is 13.0 Å². The van der Waals surface area contributed by atoms with Gasteiger partial charge < -0.3 is 9.64 Å². The van der Waals surface area contributed by atoms with Gasteiger partial charge in [-0.15, -0.1) is 12.3 Å². The number of hydrogen-bond donors (Lipinski definition) is 0. The molecule has 0 spiro atoms. The van der Waals surface area contributed by atoms with E-state index in [1.54, 1.807) is 18.5 Å². The Hall–Kier alpha value is -2.84. The summed E-state index contributed by atoms with van der Waals surface area (Å²) in [7, 11) is 0. The van der Waals surface area contributed by atoms with Gasteiger partial charge in [0, 0.05) is 51.5 Å². The summed E-state index contributed by atoms with van der Waals surface area (Å²) in [6.07, 6.45) is 9.14. The molecule has 0 radical (unpaired) electrons. The zero-order chi connectivity index (χ0) is 18.2. The van der Waals surface area contributed by atoms with Gasteiger partial charge in [-0.1, -0.05) is 12.1 Å². The van der Waals surface area contributed by atoms with Crippen LogP contribution in [0.2, 0.25) is 0 Å². The molecule has 134 valence electrons. The highest BCUT2D eigenvalue weighted by Gasteiger charge is 2.22. The Balaban J connectivity index is 1.47. The van der Waals surface area contributed by atoms with Crippen LogP contribution in [-0.4, -0.2) is 53.5 Å². The van der Waals surface area contributed by atoms with Crippen LogP contribution in [0, 0.1) is 12.3 Å². The normalized spacial score (nSPS) is 14.7. The summed E-state index contributed by atoms with van der Waals surface area (Å²) < 4.78 is 5.57. The monoisotopic (exact) mass is 349 g/mol. The molecule has 26 heavy (non-hydrogen) atoms. The van der Waals surface area contributed by atoms with E-state index in [-0.39, 0.29) is 5.91 Å². The average Bonchev–Trinajstić information content (AvgIpc) is 2.70. The summed E-state index contributed by atoms with van der Waals surface area (Å²) in [5.74, 6) is 3.47. The highest BCUT2D eigenvalue weighted by atomic mass is 16.5. The van der Waals surface area contributed by atoms with E-state index in [1.807, 2.05) is 23.1 Å². The standard InChI is InChI=1S/C21H23N3O2/c1-2-3-15-26-20-8-6-18(7-9-20)17-23-11-13-24(14-12-23)21(25)19-5-4-10-22-16-19/h1,4-10,16H,3,11-15,17H2. The Kier molecular flexibility index (Phi) is 6.24. The van der Waals surface area contributed by atoms with Crippen molar-refractivity contribution in [3.8, 4) is 18.1 Å². The first kappa shape index (κ1) is 18.0. The lowest BCUT2D eigenvalue weighted by molar-refractivity contribution is 0.0628. The Morgan fingerprint density at radius 2 is 1.92 bits per heavy atom. The number of carbonyl (C=O) groups is 1. The molecule has 1 aromatic carbocycles. The molecular formula is C21H23N3O2. The highest BCUT2D eigenvalue weighted by Crippen LogP contribution is 2.15. The first-order valence-corrected chi connectivity index (χ1v) is 8.83. The van der Waals surface area contributed by atoms with Crippen molar-refractivity contribution >= 4 is 5.91 Å². The molecule has 0 bridgehead atoms. The first-order valence-electron chi connectivity index (χ1n) is 8.83. The van der Waals surface area contributed by atoms with Gasteiger partial charge in [-0.3, -0.25) is 14.7 Å². The van der Waals surface area contributed by atoms with Crippen LogP contribution in [0.4, 0.5) is 0 Å². The van der Waals surface area contributed by atoms with Crippen molar-refractivity contribution in [2.24, 2.45) is 0 Å². The lowest BCUT2D eigenvalue weighted by Crippen LogP contribution is -2.48. The van der Waals surface area contributed by atoms with Gasteiger partial charge in [-0.2, -0.15) is 0 Å². The van der Waals surface area contributed by atoms with Crippen molar-refractivity contribution in [3.63, 3.8) is 0 Å². The average molecular weight is 349 g/mol. The molecule has 0 atom stereocenters. The number of terminal acetylenes is 1. The molecule has 1 aliphatic rings. The quantitative estimate of drug-likeness (QED) is 0.594. The van der Waals surface area contributed by atoms with Gasteiger partial charge in [0.05, 0.1) is 12.2 Å². The number of rotatable bonds is 6. The molecule has 1 aromatic heterocycles. The molecule has 0 saturated carbocycles. The van der Waals surface area contributed by atoms with E-state index in [4.69, 9.17) is 11.2 Å². The number of benzene rings is 1. The maximum atomic E-state index is 12.5. The van der Waals surface area contributed by atoms with E-state index in [0.717, 1.165) is 38.5 Å². The molecule has 2 aromatic rings. The minimum absolute atomic E-state index is 0.0613. The van der Waals surface area contributed by atoms with Crippen molar-refractivity contribution in [2.75, 3.05) is 32.8 Å². The minimum atomic E-state index is 0.0613. The number of hydrogen-bond acceptors (Lipinski definition) is 4. The summed E-state index contributed by atoms with van der Waals surface area (Å²) in [5.41, 5.74) is 1.89. The lowest BCUT2D eigenvalue weighted by atomic mass is 10.1. The van der Waals surface area contributed by atoms with Crippen molar-refractivity contribution in [3.05, 3.63) is 59.9 Å². The second-order valence-corrected chi connectivity index (χ2v) is 6.26. The number of nitrogens with zero attached hydrogens (tertiary/aromatic N) is 3. The number of amides is 1. The van der Waals surface area contributed by atoms with Crippen molar-refractivity contribution in [1.82, 2.24) is 14.8 Å². The lowest BCUT2D eigenvalue weighted by Gasteiger charge is -2.34. The van der Waals surface area contributed by atoms with E-state index < -0.39 is 0 Å². The summed E-state index contributed by atoms with van der Waals surface area (Å²) in [6, 6.07) is 11.7. The number of carbonyl (C=O) groups excluding carboxylic acids is 1. The van der Waals surface area contributed by atoms with Gasteiger partial charge in [0.25, 0.3) is 5.91 Å². The molecule has 0 aliphatic carbocycles. The molecular weight excluding hydrogens is 326 g/mol. The molecule has 0 unspecified atom stereocenters. The number of piperazine rings is 1. The summed E-state index contributed by atoms with van der Waals surface area (Å²) >= 11 is 0. The fourth-order valence-corrected chi connectivity index (χ4v) is 2.96. The Morgan fingerprint density at radius 1 is 1.15 bits per heavy atom. The summed E-state index contributed by atoms with van der Waals surface area (Å²) in [4.78, 5) is 20.7. The van der Waals surface area contributed by atoms with Gasteiger partial charge in [0.15, 0.2) is 0 Å². The van der Waals surface area contributed by atoms with Gasteiger partial charge >= 0.3 is 0 Å². The smallest absolute Gasteiger partial charge is 0.255 e. The van der Waals surface area contributed by atoms with Crippen LogP contribution in [0.5, 0.6) is 5.75 Å². The van der Waals surface area contributed by atoms with Crippen LogP contribution in [0.25, 0.3) is 0 Å². The van der Waals surface area contributed by atoms with Crippen LogP contribution < -0.4 is 4.74 Å². The van der Waals surface area contributed by atoms with E-state index in [0.29, 0.717) is 18.6 Å². The number of ether oxygens (including phenoxy) is 1. The van der Waals surface area contributed by atoms with Crippen molar-refractivity contribution in [1.29, 1.82) is 0 Å². The summed E-state index contributed by atoms with van der Waals surface area (Å²) in [6.45, 7) is 4.63. The first-order chi connectivity index (χ1) is 12.8. The molecule has 1 saturated heterocycles. The second-order valence-electron chi connectivity index (χ2n) is 6.26. The fourth-order valence-electron chi connectivity index (χ4n) is 2.96. The zero-order valence-electron chi connectivity index (χ0n) is 14.8. The Morgan fingerprint density at radius 3 is 2.58 bits per heavy atom. The predicted molar refractivity (Wildman–Crippen MR) is 101 cm³/mol. The van der Waals surface area contributed by atoms with Gasteiger partial charge in [0.2, 0.25) is 0 Å². The predicted octanol–water partition coefficient (Wildman–Crippen LogP) is 2.44. The van der Waals surface area contributed by atoms with E-state index in [1.165, 1.54) is 5.56 Å². The zero-order valence-corrected chi connectivity index (χ0v) is 14.8. The molecule has 1 amide bonds. The third-order valence-electron chi connectivity index (χ3n) is 4.41. The third kappa shape index (κ3) is 4.84. The van der Waals surface area contributed by atoms with Crippen LogP contribution in [0.3, 0.4) is 0 Å². The molecule has 2 heterocycles. The van der Waals surface area contributed by atoms with Crippen molar-refractivity contribution < 1.29 is 9.53 Å². The van der Waals surface area contributed by atoms with Crippen LogP contribution in [0.15, 0.2) is 48.8 Å². The molecule has 0 N–H and O–H groups in total. The summed E-state index contributed by atoms with van der Waals surface area (Å²) in [5, 5.41) is 0. The van der Waals surface area contributed by atoms with Crippen LogP contribution in [-0.2, 0) is 6.54 Å². The highest BCUT2D eigenvalue weighted by molar-refractivity contribution is 5.93. The SMILES string of the molecule is C#CCCOc1ccc(CN2CCN(C(=O)c3cccnc3)CC2)cc1. The largest absolute Gasteiger partial charge is 0.493 e. The van der Waals surface area contributed by atoms with Gasteiger partial charge in [-0.25, -0.2) is 0 Å². The number of pyridine rings is 1. The van der Waals surface area contributed by atoms with Gasteiger partial charge in [-0.05, 0) is 29.8 Å². The van der Waals surface area contributed by atoms with Gasteiger partial charge in [0.1, 0.15) is 5.75 Å². The fraction of sp³-hybridized carbons (Fsp3) is 0.333. The second kappa shape index (κ2) is 9.02. The maximum Gasteiger partial charge on any atom is 0.255 e. The van der Waals surface area contributed by atoms with E-state index in [9.17, 15) is 4.79 Å². The molecule has 1 aliphatic heterocycles. The minimum Gasteiger partial charge on any atom is -0.493 e. The molecule has 1 fully saturated rings. The molecule has 3 rings (SSSR count). The Bertz CT molecular complexity index is 745. The Labute approximate surface area is 154 Å². The topological polar surface area (TPSA) is 45.7 Å². The third-order valence-corrected chi connectivity index (χ3v) is 4.41. The van der Waals surface area contributed by atoms with E-state index in [2.05, 4.69) is 27.9 Å². The van der Waals surface area contributed by atoms with E-state index >= 15 is 0 Å².